The fourth-order valence-electron chi connectivity index (χ4n) is 2.94. The lowest BCUT2D eigenvalue weighted by atomic mass is 10.0. The van der Waals surface area contributed by atoms with Crippen molar-refractivity contribution in [2.75, 3.05) is 13.1 Å². The van der Waals surface area contributed by atoms with Crippen molar-refractivity contribution in [3.63, 3.8) is 0 Å². The van der Waals surface area contributed by atoms with Crippen LogP contribution in [0.2, 0.25) is 0 Å². The number of nitrogens with zero attached hydrogens (tertiary/aromatic N) is 2. The minimum absolute atomic E-state index is 0.166. The molecule has 2 aromatic carbocycles. The summed E-state index contributed by atoms with van der Waals surface area (Å²) in [4.78, 5) is 21.6. The van der Waals surface area contributed by atoms with E-state index in [0.29, 0.717) is 24.2 Å². The molecule has 2 aromatic rings. The predicted octanol–water partition coefficient (Wildman–Crippen LogP) is 2.74. The lowest BCUT2D eigenvalue weighted by Crippen LogP contribution is -2.27. The summed E-state index contributed by atoms with van der Waals surface area (Å²) >= 11 is 0. The molecule has 0 bridgehead atoms. The van der Waals surface area contributed by atoms with Crippen LogP contribution >= 0.6 is 0 Å². The highest BCUT2D eigenvalue weighted by molar-refractivity contribution is 7.89. The maximum Gasteiger partial charge on any atom is 0.342 e. The number of carbonyl (C=O) groups is 1. The van der Waals surface area contributed by atoms with Crippen molar-refractivity contribution >= 4 is 21.7 Å². The molecule has 0 aromatic heterocycles. The lowest BCUT2D eigenvalue weighted by Gasteiger charge is -2.15. The average molecular weight is 376 g/mol. The molecule has 1 aliphatic heterocycles. The molecule has 0 saturated carbocycles. The summed E-state index contributed by atoms with van der Waals surface area (Å²) < 4.78 is 26.5. The summed E-state index contributed by atoms with van der Waals surface area (Å²) in [6.07, 6.45) is 1.69. The number of carboxylic acids is 1. The van der Waals surface area contributed by atoms with Crippen molar-refractivity contribution in [1.82, 2.24) is 4.31 Å². The van der Waals surface area contributed by atoms with E-state index in [9.17, 15) is 23.3 Å². The SMILES string of the molecule is O=C(O)c1ccc(-c2ccc(S(=O)(=O)N3CCCC3)cc2)cc1[N+](=O)[O-]. The average Bonchev–Trinajstić information content (AvgIpc) is 3.16. The van der Waals surface area contributed by atoms with Crippen LogP contribution < -0.4 is 0 Å². The minimum atomic E-state index is -3.53. The van der Waals surface area contributed by atoms with E-state index in [0.717, 1.165) is 12.8 Å². The summed E-state index contributed by atoms with van der Waals surface area (Å²) in [6.45, 7) is 1.01. The highest BCUT2D eigenvalue weighted by atomic mass is 32.2. The van der Waals surface area contributed by atoms with Crippen LogP contribution in [0.1, 0.15) is 23.2 Å². The van der Waals surface area contributed by atoms with Crippen molar-refractivity contribution in [2.24, 2.45) is 0 Å². The summed E-state index contributed by atoms with van der Waals surface area (Å²) in [5.41, 5.74) is 0.0907. The normalized spacial score (nSPS) is 15.1. The zero-order chi connectivity index (χ0) is 18.9. The number of benzene rings is 2. The van der Waals surface area contributed by atoms with Gasteiger partial charge in [-0.3, -0.25) is 10.1 Å². The van der Waals surface area contributed by atoms with Gasteiger partial charge in [0.25, 0.3) is 5.69 Å². The molecule has 0 amide bonds. The summed E-state index contributed by atoms with van der Waals surface area (Å²) in [5, 5.41) is 20.1. The molecule has 1 fully saturated rings. The molecule has 0 atom stereocenters. The highest BCUT2D eigenvalue weighted by Gasteiger charge is 2.27. The number of hydrogen-bond donors (Lipinski definition) is 1. The van der Waals surface area contributed by atoms with Gasteiger partial charge in [-0.2, -0.15) is 4.31 Å². The zero-order valence-electron chi connectivity index (χ0n) is 13.7. The molecule has 1 saturated heterocycles. The van der Waals surface area contributed by atoms with Crippen molar-refractivity contribution in [1.29, 1.82) is 0 Å². The standard InChI is InChI=1S/C17H16N2O6S/c20-17(21)15-8-5-13(11-16(15)19(22)23)12-3-6-14(7-4-12)26(24,25)18-9-1-2-10-18/h3-8,11H,1-2,9-10H2,(H,20,21). The number of aromatic carboxylic acids is 1. The fraction of sp³-hybridized carbons (Fsp3) is 0.235. The van der Waals surface area contributed by atoms with Crippen LogP contribution in [0.3, 0.4) is 0 Å². The van der Waals surface area contributed by atoms with Crippen LogP contribution in [-0.4, -0.2) is 41.8 Å². The Morgan fingerprint density at radius 3 is 2.15 bits per heavy atom. The molecule has 0 spiro atoms. The van der Waals surface area contributed by atoms with Crippen LogP contribution in [0.25, 0.3) is 11.1 Å². The Morgan fingerprint density at radius 2 is 1.62 bits per heavy atom. The monoisotopic (exact) mass is 376 g/mol. The van der Waals surface area contributed by atoms with E-state index in [4.69, 9.17) is 5.11 Å². The molecule has 1 N–H and O–H groups in total. The molecular formula is C17H16N2O6S. The smallest absolute Gasteiger partial charge is 0.342 e. The number of sulfonamides is 1. The second kappa shape index (κ2) is 6.85. The van der Waals surface area contributed by atoms with Gasteiger partial charge in [0.15, 0.2) is 0 Å². The van der Waals surface area contributed by atoms with E-state index >= 15 is 0 Å². The van der Waals surface area contributed by atoms with Crippen LogP contribution in [-0.2, 0) is 10.0 Å². The van der Waals surface area contributed by atoms with Gasteiger partial charge in [-0.05, 0) is 42.2 Å². The van der Waals surface area contributed by atoms with Crippen LogP contribution in [0.15, 0.2) is 47.4 Å². The highest BCUT2D eigenvalue weighted by Crippen LogP contribution is 2.29. The molecule has 0 radical (unpaired) electrons. The first-order chi connectivity index (χ1) is 12.3. The van der Waals surface area contributed by atoms with Gasteiger partial charge in [0.2, 0.25) is 10.0 Å². The van der Waals surface area contributed by atoms with Crippen molar-refractivity contribution in [2.45, 2.75) is 17.7 Å². The number of hydrogen-bond acceptors (Lipinski definition) is 5. The van der Waals surface area contributed by atoms with Gasteiger partial charge in [0.05, 0.1) is 9.82 Å². The summed E-state index contributed by atoms with van der Waals surface area (Å²) in [5.74, 6) is -1.38. The minimum Gasteiger partial charge on any atom is -0.477 e. The van der Waals surface area contributed by atoms with E-state index in [1.165, 1.54) is 34.6 Å². The second-order valence-corrected chi connectivity index (χ2v) is 7.87. The van der Waals surface area contributed by atoms with E-state index in [-0.39, 0.29) is 4.90 Å². The van der Waals surface area contributed by atoms with E-state index in [1.807, 2.05) is 0 Å². The van der Waals surface area contributed by atoms with Gasteiger partial charge in [-0.25, -0.2) is 13.2 Å². The Bertz CT molecular complexity index is 963. The quantitative estimate of drug-likeness (QED) is 0.633. The van der Waals surface area contributed by atoms with Gasteiger partial charge in [0, 0.05) is 19.2 Å². The molecule has 26 heavy (non-hydrogen) atoms. The number of rotatable bonds is 5. The van der Waals surface area contributed by atoms with Gasteiger partial charge in [0.1, 0.15) is 5.56 Å². The Hall–Kier alpha value is -2.78. The molecule has 9 heteroatoms. The van der Waals surface area contributed by atoms with Crippen molar-refractivity contribution < 1.29 is 23.2 Å². The first-order valence-corrected chi connectivity index (χ1v) is 9.37. The fourth-order valence-corrected chi connectivity index (χ4v) is 4.46. The summed E-state index contributed by atoms with van der Waals surface area (Å²) in [6, 6.07) is 9.84. The summed E-state index contributed by atoms with van der Waals surface area (Å²) in [7, 11) is -3.53. The van der Waals surface area contributed by atoms with E-state index in [2.05, 4.69) is 0 Å². The third kappa shape index (κ3) is 3.31. The molecule has 8 nitrogen and oxygen atoms in total. The number of carboxylic acid groups (broad SMARTS) is 1. The van der Waals surface area contributed by atoms with E-state index < -0.39 is 32.2 Å². The van der Waals surface area contributed by atoms with Gasteiger partial charge < -0.3 is 5.11 Å². The zero-order valence-corrected chi connectivity index (χ0v) is 14.5. The first-order valence-electron chi connectivity index (χ1n) is 7.93. The number of nitro benzene ring substituents is 1. The molecule has 1 aliphatic rings. The largest absolute Gasteiger partial charge is 0.477 e. The number of nitro groups is 1. The molecular weight excluding hydrogens is 360 g/mol. The van der Waals surface area contributed by atoms with Crippen LogP contribution in [0.4, 0.5) is 5.69 Å². The Kier molecular flexibility index (Phi) is 4.75. The van der Waals surface area contributed by atoms with Gasteiger partial charge in [-0.15, -0.1) is 0 Å². The first kappa shape index (κ1) is 18.0. The Labute approximate surface area is 149 Å². The maximum absolute atomic E-state index is 12.5. The lowest BCUT2D eigenvalue weighted by molar-refractivity contribution is -0.385. The molecule has 0 aliphatic carbocycles. The van der Waals surface area contributed by atoms with Gasteiger partial charge in [-0.1, -0.05) is 18.2 Å². The molecule has 136 valence electrons. The molecule has 0 unspecified atom stereocenters. The van der Waals surface area contributed by atoms with Crippen LogP contribution in [0, 0.1) is 10.1 Å². The maximum atomic E-state index is 12.5. The topological polar surface area (TPSA) is 118 Å². The van der Waals surface area contributed by atoms with Crippen molar-refractivity contribution in [3.05, 3.63) is 58.1 Å². The van der Waals surface area contributed by atoms with Crippen LogP contribution in [0.5, 0.6) is 0 Å². The molecule has 3 rings (SSSR count). The third-order valence-corrected chi connectivity index (χ3v) is 6.23. The Morgan fingerprint density at radius 1 is 1.04 bits per heavy atom. The Balaban J connectivity index is 1.95. The second-order valence-electron chi connectivity index (χ2n) is 5.93. The predicted molar refractivity (Wildman–Crippen MR) is 93.5 cm³/mol. The van der Waals surface area contributed by atoms with E-state index in [1.54, 1.807) is 12.1 Å². The third-order valence-electron chi connectivity index (χ3n) is 4.32. The van der Waals surface area contributed by atoms with Crippen molar-refractivity contribution in [3.8, 4) is 11.1 Å². The molecule has 1 heterocycles. The van der Waals surface area contributed by atoms with Gasteiger partial charge >= 0.3 is 5.97 Å².